The maximum absolute atomic E-state index is 11.6. The average Bonchev–Trinajstić information content (AvgIpc) is 2.36. The number of benzene rings is 1. The summed E-state index contributed by atoms with van der Waals surface area (Å²) in [4.78, 5) is 10.3. The molecule has 0 aliphatic heterocycles. The van der Waals surface area contributed by atoms with Crippen LogP contribution in [0.2, 0.25) is 0 Å². The van der Waals surface area contributed by atoms with Gasteiger partial charge in [0, 0.05) is 6.04 Å². The van der Waals surface area contributed by atoms with Crippen molar-refractivity contribution in [2.45, 2.75) is 19.4 Å². The number of carboxylic acid groups (broad SMARTS) is 1. The molecule has 0 spiro atoms. The summed E-state index contributed by atoms with van der Waals surface area (Å²) in [5.41, 5.74) is 1.20. The molecule has 2 N–H and O–H groups in total. The second kappa shape index (κ2) is 6.31. The van der Waals surface area contributed by atoms with E-state index in [4.69, 9.17) is 10.4 Å². The SMILES string of the molecule is CC(NS(=O)(=O)CCC(=O)O)c1ccc(C#N)cc1. The first-order chi connectivity index (χ1) is 8.84. The van der Waals surface area contributed by atoms with E-state index in [1.807, 2.05) is 6.07 Å². The summed E-state index contributed by atoms with van der Waals surface area (Å²) in [5.74, 6) is -1.61. The Kier molecular flexibility index (Phi) is 5.03. The van der Waals surface area contributed by atoms with Crippen molar-refractivity contribution in [3.8, 4) is 6.07 Å². The molecule has 6 nitrogen and oxygen atoms in total. The Morgan fingerprint density at radius 2 is 2.00 bits per heavy atom. The van der Waals surface area contributed by atoms with Crippen LogP contribution in [0.5, 0.6) is 0 Å². The van der Waals surface area contributed by atoms with Gasteiger partial charge in [-0.25, -0.2) is 13.1 Å². The monoisotopic (exact) mass is 282 g/mol. The van der Waals surface area contributed by atoms with Crippen molar-refractivity contribution >= 4 is 16.0 Å². The fraction of sp³-hybridized carbons (Fsp3) is 0.333. The van der Waals surface area contributed by atoms with Crippen LogP contribution in [0.3, 0.4) is 0 Å². The van der Waals surface area contributed by atoms with Crippen molar-refractivity contribution in [3.63, 3.8) is 0 Å². The Morgan fingerprint density at radius 3 is 2.47 bits per heavy atom. The highest BCUT2D eigenvalue weighted by molar-refractivity contribution is 7.89. The molecule has 0 radical (unpaired) electrons. The summed E-state index contributed by atoms with van der Waals surface area (Å²) in [6.45, 7) is 1.65. The lowest BCUT2D eigenvalue weighted by molar-refractivity contribution is -0.136. The number of aliphatic carboxylic acids is 1. The minimum atomic E-state index is -3.64. The van der Waals surface area contributed by atoms with E-state index in [0.29, 0.717) is 11.1 Å². The van der Waals surface area contributed by atoms with Gasteiger partial charge in [-0.2, -0.15) is 5.26 Å². The maximum Gasteiger partial charge on any atom is 0.304 e. The third kappa shape index (κ3) is 5.07. The van der Waals surface area contributed by atoms with Gasteiger partial charge < -0.3 is 5.11 Å². The van der Waals surface area contributed by atoms with E-state index in [1.165, 1.54) is 0 Å². The van der Waals surface area contributed by atoms with Gasteiger partial charge in [-0.05, 0) is 24.6 Å². The van der Waals surface area contributed by atoms with E-state index in [-0.39, 0.29) is 0 Å². The first kappa shape index (κ1) is 15.1. The molecule has 1 unspecified atom stereocenters. The van der Waals surface area contributed by atoms with E-state index in [1.54, 1.807) is 31.2 Å². The smallest absolute Gasteiger partial charge is 0.304 e. The zero-order chi connectivity index (χ0) is 14.5. The van der Waals surface area contributed by atoms with Gasteiger partial charge in [0.25, 0.3) is 0 Å². The van der Waals surface area contributed by atoms with Crippen molar-refractivity contribution < 1.29 is 18.3 Å². The molecule has 1 rings (SSSR count). The molecule has 1 aromatic rings. The van der Waals surface area contributed by atoms with E-state index in [0.717, 1.165) is 0 Å². The molecule has 0 aliphatic carbocycles. The molecular weight excluding hydrogens is 268 g/mol. The summed E-state index contributed by atoms with van der Waals surface area (Å²) in [5, 5.41) is 17.1. The van der Waals surface area contributed by atoms with E-state index in [2.05, 4.69) is 4.72 Å². The summed E-state index contributed by atoms with van der Waals surface area (Å²) in [6.07, 6.45) is -0.435. The molecule has 0 fully saturated rings. The van der Waals surface area contributed by atoms with Crippen LogP contribution in [0.25, 0.3) is 0 Å². The molecule has 0 aromatic heterocycles. The number of carboxylic acids is 1. The normalized spacial score (nSPS) is 12.6. The summed E-state index contributed by atoms with van der Waals surface area (Å²) >= 11 is 0. The lowest BCUT2D eigenvalue weighted by atomic mass is 10.1. The second-order valence-corrected chi connectivity index (χ2v) is 5.91. The minimum Gasteiger partial charge on any atom is -0.481 e. The van der Waals surface area contributed by atoms with Crippen molar-refractivity contribution in [1.82, 2.24) is 4.72 Å². The first-order valence-corrected chi connectivity index (χ1v) is 7.21. The largest absolute Gasteiger partial charge is 0.481 e. The Hall–Kier alpha value is -1.91. The van der Waals surface area contributed by atoms with E-state index in [9.17, 15) is 13.2 Å². The first-order valence-electron chi connectivity index (χ1n) is 5.56. The van der Waals surface area contributed by atoms with Gasteiger partial charge in [-0.3, -0.25) is 4.79 Å². The molecule has 1 atom stereocenters. The molecule has 0 saturated heterocycles. The number of hydrogen-bond donors (Lipinski definition) is 2. The predicted octanol–water partition coefficient (Wildman–Crippen LogP) is 1.01. The van der Waals surface area contributed by atoms with Crippen molar-refractivity contribution in [1.29, 1.82) is 5.26 Å². The van der Waals surface area contributed by atoms with Gasteiger partial charge in [-0.15, -0.1) is 0 Å². The zero-order valence-corrected chi connectivity index (χ0v) is 11.1. The quantitative estimate of drug-likeness (QED) is 0.809. The Bertz CT molecular complexity index is 587. The van der Waals surface area contributed by atoms with Crippen LogP contribution in [0.1, 0.15) is 30.5 Å². The molecule has 102 valence electrons. The van der Waals surface area contributed by atoms with E-state index < -0.39 is 34.2 Å². The van der Waals surface area contributed by atoms with Crippen molar-refractivity contribution in [2.24, 2.45) is 0 Å². The van der Waals surface area contributed by atoms with Crippen LogP contribution in [0.15, 0.2) is 24.3 Å². The number of nitriles is 1. The molecular formula is C12H14N2O4S. The molecule has 0 saturated carbocycles. The van der Waals surface area contributed by atoms with Gasteiger partial charge in [0.05, 0.1) is 23.8 Å². The van der Waals surface area contributed by atoms with Crippen LogP contribution in [0, 0.1) is 11.3 Å². The fourth-order valence-electron chi connectivity index (χ4n) is 1.46. The molecule has 0 aliphatic rings. The molecule has 0 heterocycles. The highest BCUT2D eigenvalue weighted by Gasteiger charge is 2.17. The van der Waals surface area contributed by atoms with Crippen LogP contribution in [-0.2, 0) is 14.8 Å². The van der Waals surface area contributed by atoms with Gasteiger partial charge in [-0.1, -0.05) is 12.1 Å². The lowest BCUT2D eigenvalue weighted by Crippen LogP contribution is -2.30. The second-order valence-electron chi connectivity index (χ2n) is 4.04. The van der Waals surface area contributed by atoms with Crippen LogP contribution in [-0.4, -0.2) is 25.2 Å². The fourth-order valence-corrected chi connectivity index (χ4v) is 2.70. The van der Waals surface area contributed by atoms with Gasteiger partial charge in [0.1, 0.15) is 0 Å². The summed E-state index contributed by atoms with van der Waals surface area (Å²) < 4.78 is 25.6. The Labute approximate surface area is 111 Å². The van der Waals surface area contributed by atoms with Crippen LogP contribution >= 0.6 is 0 Å². The van der Waals surface area contributed by atoms with Gasteiger partial charge in [0.15, 0.2) is 0 Å². The Balaban J connectivity index is 2.70. The predicted molar refractivity (Wildman–Crippen MR) is 68.7 cm³/mol. The number of rotatable bonds is 6. The van der Waals surface area contributed by atoms with Gasteiger partial charge in [0.2, 0.25) is 10.0 Å². The molecule has 0 amide bonds. The molecule has 7 heteroatoms. The average molecular weight is 282 g/mol. The van der Waals surface area contributed by atoms with Crippen molar-refractivity contribution in [2.75, 3.05) is 5.75 Å². The number of hydrogen-bond acceptors (Lipinski definition) is 4. The number of carbonyl (C=O) groups is 1. The summed E-state index contributed by atoms with van der Waals surface area (Å²) in [7, 11) is -3.64. The van der Waals surface area contributed by atoms with Crippen LogP contribution < -0.4 is 4.72 Å². The minimum absolute atomic E-state index is 0.435. The Morgan fingerprint density at radius 1 is 1.42 bits per heavy atom. The summed E-state index contributed by atoms with van der Waals surface area (Å²) in [6, 6.07) is 7.99. The van der Waals surface area contributed by atoms with Crippen molar-refractivity contribution in [3.05, 3.63) is 35.4 Å². The zero-order valence-electron chi connectivity index (χ0n) is 10.3. The molecule has 0 bridgehead atoms. The topological polar surface area (TPSA) is 107 Å². The number of sulfonamides is 1. The number of nitrogens with one attached hydrogen (secondary N) is 1. The highest BCUT2D eigenvalue weighted by atomic mass is 32.2. The third-order valence-corrected chi connectivity index (χ3v) is 3.94. The lowest BCUT2D eigenvalue weighted by Gasteiger charge is -2.14. The van der Waals surface area contributed by atoms with Crippen LogP contribution in [0.4, 0.5) is 0 Å². The standard InChI is InChI=1S/C12H14N2O4S/c1-9(11-4-2-10(8-13)3-5-11)14-19(17,18)7-6-12(15)16/h2-5,9,14H,6-7H2,1H3,(H,15,16). The third-order valence-electron chi connectivity index (χ3n) is 2.48. The molecule has 1 aromatic carbocycles. The van der Waals surface area contributed by atoms with Gasteiger partial charge >= 0.3 is 5.97 Å². The number of nitrogens with zero attached hydrogens (tertiary/aromatic N) is 1. The molecule has 19 heavy (non-hydrogen) atoms. The maximum atomic E-state index is 11.6. The van der Waals surface area contributed by atoms with E-state index >= 15 is 0 Å². The highest BCUT2D eigenvalue weighted by Crippen LogP contribution is 2.14.